The molecule has 2 aromatic carbocycles. The maximum absolute atomic E-state index is 12.8. The average molecular weight is 496 g/mol. The fraction of sp³-hybridized carbons (Fsp3) is 0.207. The van der Waals surface area contributed by atoms with Crippen LogP contribution >= 0.6 is 12.2 Å². The number of aryl methyl sites for hydroxylation is 2. The predicted octanol–water partition coefficient (Wildman–Crippen LogP) is 5.49. The molecule has 7 heteroatoms. The summed E-state index contributed by atoms with van der Waals surface area (Å²) in [5.41, 5.74) is 6.38. The SMILES string of the molecule is Cc1ccc(-n2cccc2[C@H]2[C@@H](c3ccccn3)NC(=S)N2CCC(=O)Nc2ccccc2)cc1C. The minimum atomic E-state index is -0.143. The van der Waals surface area contributed by atoms with E-state index in [4.69, 9.17) is 12.2 Å². The van der Waals surface area contributed by atoms with E-state index in [0.717, 1.165) is 22.8 Å². The normalized spacial score (nSPS) is 17.2. The molecular weight excluding hydrogens is 466 g/mol. The van der Waals surface area contributed by atoms with Gasteiger partial charge in [-0.05, 0) is 85.7 Å². The third kappa shape index (κ3) is 4.88. The Morgan fingerprint density at radius 1 is 1.00 bits per heavy atom. The Bertz CT molecular complexity index is 1370. The van der Waals surface area contributed by atoms with E-state index in [1.165, 1.54) is 11.1 Å². The summed E-state index contributed by atoms with van der Waals surface area (Å²) in [6.45, 7) is 4.73. The van der Waals surface area contributed by atoms with Crippen molar-refractivity contribution in [2.24, 2.45) is 0 Å². The Hall–Kier alpha value is -3.97. The van der Waals surface area contributed by atoms with Gasteiger partial charge in [0.1, 0.15) is 0 Å². The summed E-state index contributed by atoms with van der Waals surface area (Å²) in [6, 6.07) is 25.8. The van der Waals surface area contributed by atoms with Gasteiger partial charge in [-0.15, -0.1) is 0 Å². The van der Waals surface area contributed by atoms with Crippen molar-refractivity contribution in [1.29, 1.82) is 0 Å². The molecule has 2 aromatic heterocycles. The maximum Gasteiger partial charge on any atom is 0.226 e. The van der Waals surface area contributed by atoms with Gasteiger partial charge in [0.2, 0.25) is 5.91 Å². The van der Waals surface area contributed by atoms with Crippen LogP contribution in [0.5, 0.6) is 0 Å². The Balaban J connectivity index is 1.46. The molecule has 1 fully saturated rings. The highest BCUT2D eigenvalue weighted by Gasteiger charge is 2.41. The van der Waals surface area contributed by atoms with Crippen LogP contribution < -0.4 is 10.6 Å². The minimum Gasteiger partial charge on any atom is -0.352 e. The first kappa shape index (κ1) is 23.8. The Kier molecular flexibility index (Phi) is 6.82. The van der Waals surface area contributed by atoms with Crippen molar-refractivity contribution in [3.63, 3.8) is 0 Å². The standard InChI is InChI=1S/C29H29N5OS/c1-20-13-14-23(19-21(20)2)33-17-8-12-25(33)28-27(24-11-6-7-16-30-24)32-29(36)34(28)18-15-26(35)31-22-9-4-3-5-10-22/h3-14,16-17,19,27-28H,15,18H2,1-2H3,(H,31,35)(H,32,36)/t27-,28+/m1/s1. The molecule has 1 amide bonds. The van der Waals surface area contributed by atoms with Gasteiger partial charge in [0, 0.05) is 42.4 Å². The van der Waals surface area contributed by atoms with Gasteiger partial charge in [-0.3, -0.25) is 9.78 Å². The number of hydrogen-bond acceptors (Lipinski definition) is 3. The number of aromatic nitrogens is 2. The monoisotopic (exact) mass is 495 g/mol. The number of anilines is 1. The van der Waals surface area contributed by atoms with Gasteiger partial charge in [0.15, 0.2) is 5.11 Å². The first-order valence-electron chi connectivity index (χ1n) is 12.1. The lowest BCUT2D eigenvalue weighted by Gasteiger charge is -2.29. The van der Waals surface area contributed by atoms with Crippen LogP contribution in [-0.2, 0) is 4.79 Å². The second-order valence-electron chi connectivity index (χ2n) is 9.06. The molecule has 2 atom stereocenters. The van der Waals surface area contributed by atoms with E-state index in [-0.39, 0.29) is 18.0 Å². The van der Waals surface area contributed by atoms with E-state index in [2.05, 4.69) is 75.5 Å². The topological polar surface area (TPSA) is 62.2 Å². The lowest BCUT2D eigenvalue weighted by molar-refractivity contribution is -0.116. The van der Waals surface area contributed by atoms with E-state index in [0.29, 0.717) is 18.1 Å². The first-order valence-corrected chi connectivity index (χ1v) is 12.5. The van der Waals surface area contributed by atoms with Crippen molar-refractivity contribution < 1.29 is 4.79 Å². The molecule has 0 unspecified atom stereocenters. The second-order valence-corrected chi connectivity index (χ2v) is 9.44. The maximum atomic E-state index is 12.8. The van der Waals surface area contributed by atoms with E-state index >= 15 is 0 Å². The number of carbonyl (C=O) groups excluding carboxylic acids is 1. The van der Waals surface area contributed by atoms with Crippen LogP contribution in [0.25, 0.3) is 5.69 Å². The third-order valence-electron chi connectivity index (χ3n) is 6.69. The van der Waals surface area contributed by atoms with Crippen molar-refractivity contribution in [3.05, 3.63) is 114 Å². The van der Waals surface area contributed by atoms with Gasteiger partial charge in [-0.25, -0.2) is 0 Å². The number of carbonyl (C=O) groups is 1. The smallest absolute Gasteiger partial charge is 0.226 e. The highest BCUT2D eigenvalue weighted by atomic mass is 32.1. The molecule has 0 radical (unpaired) electrons. The zero-order chi connectivity index (χ0) is 25.1. The number of pyridine rings is 1. The minimum absolute atomic E-state index is 0.0476. The van der Waals surface area contributed by atoms with E-state index in [1.54, 1.807) is 6.20 Å². The van der Waals surface area contributed by atoms with Crippen LogP contribution in [0.15, 0.2) is 91.3 Å². The number of amides is 1. The van der Waals surface area contributed by atoms with Crippen molar-refractivity contribution >= 4 is 28.9 Å². The molecule has 0 spiro atoms. The van der Waals surface area contributed by atoms with Crippen molar-refractivity contribution in [3.8, 4) is 5.69 Å². The Morgan fingerprint density at radius 3 is 2.56 bits per heavy atom. The molecule has 1 aliphatic heterocycles. The molecule has 0 bridgehead atoms. The number of benzene rings is 2. The molecule has 182 valence electrons. The van der Waals surface area contributed by atoms with Crippen LogP contribution in [0.1, 0.15) is 41.0 Å². The second kappa shape index (κ2) is 10.3. The molecule has 0 saturated carbocycles. The van der Waals surface area contributed by atoms with Gasteiger partial charge in [0.25, 0.3) is 0 Å². The number of para-hydroxylation sites is 1. The van der Waals surface area contributed by atoms with Crippen LogP contribution in [-0.4, -0.2) is 32.0 Å². The number of nitrogens with one attached hydrogen (secondary N) is 2. The fourth-order valence-corrected chi connectivity index (χ4v) is 5.01. The Labute approximate surface area is 217 Å². The summed E-state index contributed by atoms with van der Waals surface area (Å²) in [5.74, 6) is -0.0476. The summed E-state index contributed by atoms with van der Waals surface area (Å²) in [4.78, 5) is 19.5. The summed E-state index contributed by atoms with van der Waals surface area (Å²) >= 11 is 5.79. The van der Waals surface area contributed by atoms with Crippen LogP contribution in [0.2, 0.25) is 0 Å². The first-order chi connectivity index (χ1) is 17.5. The van der Waals surface area contributed by atoms with Crippen molar-refractivity contribution in [2.45, 2.75) is 32.4 Å². The van der Waals surface area contributed by atoms with Gasteiger partial charge < -0.3 is 20.1 Å². The molecule has 1 aliphatic rings. The highest BCUT2D eigenvalue weighted by molar-refractivity contribution is 7.80. The predicted molar refractivity (Wildman–Crippen MR) is 147 cm³/mol. The van der Waals surface area contributed by atoms with Crippen molar-refractivity contribution in [2.75, 3.05) is 11.9 Å². The summed E-state index contributed by atoms with van der Waals surface area (Å²) in [7, 11) is 0. The summed E-state index contributed by atoms with van der Waals surface area (Å²) in [6.07, 6.45) is 4.19. The lowest BCUT2D eigenvalue weighted by Crippen LogP contribution is -2.33. The molecule has 2 N–H and O–H groups in total. The molecule has 3 heterocycles. The summed E-state index contributed by atoms with van der Waals surface area (Å²) in [5, 5.41) is 7.08. The molecule has 36 heavy (non-hydrogen) atoms. The molecular formula is C29H29N5OS. The van der Waals surface area contributed by atoms with Crippen LogP contribution in [0.4, 0.5) is 5.69 Å². The number of thiocarbonyl (C=S) groups is 1. The molecule has 5 rings (SSSR count). The van der Waals surface area contributed by atoms with E-state index < -0.39 is 0 Å². The van der Waals surface area contributed by atoms with Gasteiger partial charge in [-0.1, -0.05) is 30.3 Å². The quantitative estimate of drug-likeness (QED) is 0.332. The third-order valence-corrected chi connectivity index (χ3v) is 7.04. The highest BCUT2D eigenvalue weighted by Crippen LogP contribution is 2.39. The molecule has 6 nitrogen and oxygen atoms in total. The van der Waals surface area contributed by atoms with Gasteiger partial charge in [0.05, 0.1) is 17.8 Å². The summed E-state index contributed by atoms with van der Waals surface area (Å²) < 4.78 is 2.21. The van der Waals surface area contributed by atoms with Crippen LogP contribution in [0, 0.1) is 13.8 Å². The zero-order valence-electron chi connectivity index (χ0n) is 20.4. The van der Waals surface area contributed by atoms with Crippen molar-refractivity contribution in [1.82, 2.24) is 19.8 Å². The number of nitrogens with zero attached hydrogens (tertiary/aromatic N) is 3. The largest absolute Gasteiger partial charge is 0.352 e. The van der Waals surface area contributed by atoms with Gasteiger partial charge in [-0.2, -0.15) is 0 Å². The molecule has 0 aliphatic carbocycles. The van der Waals surface area contributed by atoms with E-state index in [9.17, 15) is 4.79 Å². The number of rotatable bonds is 7. The van der Waals surface area contributed by atoms with E-state index in [1.807, 2.05) is 48.5 Å². The Morgan fingerprint density at radius 2 is 1.81 bits per heavy atom. The molecule has 4 aromatic rings. The lowest BCUT2D eigenvalue weighted by atomic mass is 10.0. The average Bonchev–Trinajstić information content (AvgIpc) is 3.50. The fourth-order valence-electron chi connectivity index (χ4n) is 4.68. The zero-order valence-corrected chi connectivity index (χ0v) is 21.2. The van der Waals surface area contributed by atoms with Gasteiger partial charge >= 0.3 is 0 Å². The number of hydrogen-bond donors (Lipinski definition) is 2. The molecule has 1 saturated heterocycles. The van der Waals surface area contributed by atoms with Crippen LogP contribution in [0.3, 0.4) is 0 Å².